The topological polar surface area (TPSA) is 415 Å². The molecule has 0 heterocycles. The van der Waals surface area contributed by atoms with Crippen LogP contribution in [0.25, 0.3) is 0 Å². The van der Waals surface area contributed by atoms with Crippen LogP contribution in [0.3, 0.4) is 0 Å². The van der Waals surface area contributed by atoms with Crippen molar-refractivity contribution in [1.29, 1.82) is 0 Å². The molecule has 0 unspecified atom stereocenters. The van der Waals surface area contributed by atoms with Gasteiger partial charge in [0, 0.05) is 104 Å². The van der Waals surface area contributed by atoms with Crippen molar-refractivity contribution in [3.05, 3.63) is 50.3 Å². The van der Waals surface area contributed by atoms with Gasteiger partial charge in [-0.25, -0.2) is 20.0 Å². The van der Waals surface area contributed by atoms with Crippen LogP contribution >= 0.6 is 0 Å². The maximum atomic E-state index is 12.7. The second-order valence-electron chi connectivity index (χ2n) is 17.8. The Bertz CT molecular complexity index is 2340. The van der Waals surface area contributed by atoms with Gasteiger partial charge in [-0.1, -0.05) is 0 Å². The number of amides is 7. The third kappa shape index (κ3) is 28.2. The van der Waals surface area contributed by atoms with Gasteiger partial charge in [0.2, 0.25) is 41.4 Å². The number of aromatic carboxylic acids is 1. The number of hydroxylamine groups is 6. The Labute approximate surface area is 443 Å². The van der Waals surface area contributed by atoms with Crippen LogP contribution in [0.15, 0.2) is 33.9 Å². The van der Waals surface area contributed by atoms with Crippen LogP contribution in [0.5, 0.6) is 0 Å². The van der Waals surface area contributed by atoms with E-state index in [2.05, 4.69) is 31.9 Å². The quantitative estimate of drug-likeness (QED) is 0.0169. The molecule has 0 aliphatic heterocycles. The first-order valence-electron chi connectivity index (χ1n) is 25.2. The second-order valence-corrected chi connectivity index (χ2v) is 17.8. The molecule has 2 rings (SSSR count). The van der Waals surface area contributed by atoms with E-state index < -0.39 is 90.4 Å². The van der Waals surface area contributed by atoms with Gasteiger partial charge in [0.15, 0.2) is 0 Å². The van der Waals surface area contributed by atoms with Crippen LogP contribution in [-0.4, -0.2) is 207 Å². The zero-order chi connectivity index (χ0) is 57.3. The molecule has 29 heteroatoms. The maximum absolute atomic E-state index is 12.7. The number of nitrogens with one attached hydrogen (secondary N) is 6. The normalized spacial score (nSPS) is 10.9. The molecule has 0 aromatic heterocycles. The van der Waals surface area contributed by atoms with Gasteiger partial charge in [0.05, 0.1) is 31.7 Å². The van der Waals surface area contributed by atoms with Crippen molar-refractivity contribution >= 4 is 76.3 Å². The Morgan fingerprint density at radius 3 is 1.30 bits per heavy atom. The number of hydrogen-bond acceptors (Lipinski definition) is 19. The smallest absolute Gasteiger partial charge is 0.335 e. The Kier molecular flexibility index (Phi) is 31.0. The summed E-state index contributed by atoms with van der Waals surface area (Å²) in [4.78, 5) is 146. The van der Waals surface area contributed by atoms with Gasteiger partial charge in [-0.3, -0.25) is 78.2 Å². The molecule has 0 spiro atoms. The molecule has 0 bridgehead atoms. The number of carboxylic acid groups (broad SMARTS) is 3. The molecule has 0 saturated heterocycles. The Morgan fingerprint density at radius 2 is 0.857 bits per heavy atom. The Hall–Kier alpha value is -7.60. The highest BCUT2D eigenvalue weighted by molar-refractivity contribution is 5.94. The van der Waals surface area contributed by atoms with Gasteiger partial charge >= 0.3 is 17.9 Å². The van der Waals surface area contributed by atoms with E-state index in [1.165, 1.54) is 41.0 Å². The molecule has 0 aliphatic carbocycles. The van der Waals surface area contributed by atoms with Crippen molar-refractivity contribution < 1.29 is 78.9 Å². The monoisotopic (exact) mass is 1090 g/mol. The summed E-state index contributed by atoms with van der Waals surface area (Å²) in [5, 5.41) is 75.1. The summed E-state index contributed by atoms with van der Waals surface area (Å²) in [7, 11) is 0. The standard InChI is InChI=1S/C48H73N11O18/c1-33(60)57(75)24-8-2-5-19-49-36(61)15-17-40(65)58(76)25-9-3-6-20-50-37(62)16-18-41(66)59(77)26-10-4-7-21-52-44-45(47(72)46(44)71)53-23-22-51-38(63)29-55(31-42(67)68)27-28-56(32-43(69)70)30-39(64)54-35-13-11-34(12-14-35)48(73)74/h11-14,52-53,75-77H,2-10,15-32H2,1H3,(H,49,61)(H,50,62)(H,51,63)(H,54,64)(H,67,68)(H,69,70)(H,73,74). The number of nitrogens with zero attached hydrogens (tertiary/aromatic N) is 5. The van der Waals surface area contributed by atoms with E-state index >= 15 is 0 Å². The molecule has 12 N–H and O–H groups in total. The molecule has 428 valence electrons. The van der Waals surface area contributed by atoms with Crippen LogP contribution in [0, 0.1) is 0 Å². The number of carboxylic acids is 3. The van der Waals surface area contributed by atoms with Crippen molar-refractivity contribution in [3.63, 3.8) is 0 Å². The van der Waals surface area contributed by atoms with E-state index in [-0.39, 0.29) is 113 Å². The first-order valence-corrected chi connectivity index (χ1v) is 25.2. The third-order valence-electron chi connectivity index (χ3n) is 11.4. The maximum Gasteiger partial charge on any atom is 0.335 e. The first-order chi connectivity index (χ1) is 36.6. The minimum atomic E-state index is -1.27. The van der Waals surface area contributed by atoms with Gasteiger partial charge in [-0.05, 0) is 82.1 Å². The van der Waals surface area contributed by atoms with Crippen molar-refractivity contribution in [3.8, 4) is 0 Å². The number of hydrogen-bond donors (Lipinski definition) is 12. The van der Waals surface area contributed by atoms with Crippen LogP contribution in [-0.2, 0) is 43.2 Å². The molecule has 0 radical (unpaired) electrons. The molecular weight excluding hydrogens is 1020 g/mol. The van der Waals surface area contributed by atoms with Gasteiger partial charge in [-0.15, -0.1) is 0 Å². The van der Waals surface area contributed by atoms with E-state index in [9.17, 15) is 83.4 Å². The number of rotatable bonds is 42. The van der Waals surface area contributed by atoms with E-state index in [0.29, 0.717) is 79.5 Å². The first kappa shape index (κ1) is 65.5. The van der Waals surface area contributed by atoms with Gasteiger partial charge in [-0.2, -0.15) is 0 Å². The fourth-order valence-electron chi connectivity index (χ4n) is 7.21. The molecule has 2 aromatic rings. The van der Waals surface area contributed by atoms with Crippen molar-refractivity contribution in [2.24, 2.45) is 0 Å². The number of unbranched alkanes of at least 4 members (excludes halogenated alkanes) is 6. The molecular formula is C48H73N11O18. The average molecular weight is 1090 g/mol. The highest BCUT2D eigenvalue weighted by Gasteiger charge is 2.22. The fourth-order valence-corrected chi connectivity index (χ4v) is 7.21. The van der Waals surface area contributed by atoms with Crippen molar-refractivity contribution in [1.82, 2.24) is 40.9 Å². The summed E-state index contributed by atoms with van der Waals surface area (Å²) >= 11 is 0. The summed E-state index contributed by atoms with van der Waals surface area (Å²) < 4.78 is 0. The Balaban J connectivity index is 1.58. The number of benzene rings is 1. The van der Waals surface area contributed by atoms with Crippen molar-refractivity contribution in [2.45, 2.75) is 90.4 Å². The SMILES string of the molecule is CC(=O)N(O)CCCCCNC(=O)CCC(=O)N(O)CCCCCNC(=O)CCC(=O)N(O)CCCCCNc1c(NCCNC(=O)CN(CCN(CC(=O)O)CC(=O)Nc2ccc(C(=O)O)cc2)CC(=O)O)c(=O)c1=O. The highest BCUT2D eigenvalue weighted by atomic mass is 16.5. The number of anilines is 3. The van der Waals surface area contributed by atoms with Crippen LogP contribution in [0.4, 0.5) is 17.1 Å². The predicted octanol–water partition coefficient (Wildman–Crippen LogP) is -0.690. The van der Waals surface area contributed by atoms with Crippen LogP contribution in [0.2, 0.25) is 0 Å². The molecule has 2 aromatic carbocycles. The molecule has 0 atom stereocenters. The van der Waals surface area contributed by atoms with Gasteiger partial charge in [0.1, 0.15) is 11.4 Å². The lowest BCUT2D eigenvalue weighted by Crippen LogP contribution is -2.46. The molecule has 29 nitrogen and oxygen atoms in total. The lowest BCUT2D eigenvalue weighted by atomic mass is 10.1. The number of aliphatic carboxylic acids is 2. The summed E-state index contributed by atoms with van der Waals surface area (Å²) in [6.07, 6.45) is 4.11. The van der Waals surface area contributed by atoms with E-state index in [1.54, 1.807) is 0 Å². The average Bonchev–Trinajstić information content (AvgIpc) is 3.37. The van der Waals surface area contributed by atoms with Gasteiger partial charge < -0.3 is 47.2 Å². The van der Waals surface area contributed by atoms with Crippen LogP contribution in [0.1, 0.15) is 101 Å². The number of carbonyl (C=O) groups excluding carboxylic acids is 7. The molecule has 0 aliphatic rings. The molecule has 0 saturated carbocycles. The minimum absolute atomic E-state index is 0.00723. The zero-order valence-electron chi connectivity index (χ0n) is 43.2. The lowest BCUT2D eigenvalue weighted by molar-refractivity contribution is -0.166. The lowest BCUT2D eigenvalue weighted by Gasteiger charge is -2.25. The summed E-state index contributed by atoms with van der Waals surface area (Å²) in [5.74, 6) is -7.38. The minimum Gasteiger partial charge on any atom is -0.480 e. The molecule has 0 fully saturated rings. The van der Waals surface area contributed by atoms with E-state index in [0.717, 1.165) is 0 Å². The fraction of sp³-hybridized carbons (Fsp3) is 0.583. The largest absolute Gasteiger partial charge is 0.480 e. The molecule has 77 heavy (non-hydrogen) atoms. The third-order valence-corrected chi connectivity index (χ3v) is 11.4. The zero-order valence-corrected chi connectivity index (χ0v) is 43.2. The van der Waals surface area contributed by atoms with Crippen molar-refractivity contribution in [2.75, 3.05) is 108 Å². The second kappa shape index (κ2) is 36.4. The van der Waals surface area contributed by atoms with E-state index in [1.807, 2.05) is 0 Å². The number of carbonyl (C=O) groups is 10. The van der Waals surface area contributed by atoms with Crippen LogP contribution < -0.4 is 42.8 Å². The van der Waals surface area contributed by atoms with Gasteiger partial charge in [0.25, 0.3) is 10.9 Å². The highest BCUT2D eigenvalue weighted by Crippen LogP contribution is 2.15. The molecule has 7 amide bonds. The summed E-state index contributed by atoms with van der Waals surface area (Å²) in [5.41, 5.74) is -1.20. The van der Waals surface area contributed by atoms with E-state index in [4.69, 9.17) is 5.11 Å². The summed E-state index contributed by atoms with van der Waals surface area (Å²) in [6, 6.07) is 5.27. The Morgan fingerprint density at radius 1 is 0.442 bits per heavy atom. The summed E-state index contributed by atoms with van der Waals surface area (Å²) in [6.45, 7) is 0.125. The predicted molar refractivity (Wildman–Crippen MR) is 274 cm³/mol.